The number of hydrogen-bond donors (Lipinski definition) is 1. The van der Waals surface area contributed by atoms with Gasteiger partial charge in [0.05, 0.1) is 23.7 Å². The molecule has 0 bridgehead atoms. The highest BCUT2D eigenvalue weighted by molar-refractivity contribution is 7.15. The lowest BCUT2D eigenvalue weighted by Crippen LogP contribution is -2.09. The van der Waals surface area contributed by atoms with Crippen LogP contribution in [0.5, 0.6) is 5.75 Å². The Morgan fingerprint density at radius 1 is 1.37 bits per heavy atom. The summed E-state index contributed by atoms with van der Waals surface area (Å²) in [6, 6.07) is 5.29. The van der Waals surface area contributed by atoms with E-state index < -0.39 is 6.17 Å². The zero-order chi connectivity index (χ0) is 19.0. The average molecular weight is 386 g/mol. The topological polar surface area (TPSA) is 73.1 Å². The van der Waals surface area contributed by atoms with Gasteiger partial charge < -0.3 is 14.4 Å². The van der Waals surface area contributed by atoms with Crippen LogP contribution in [0, 0.1) is 5.92 Å². The van der Waals surface area contributed by atoms with Gasteiger partial charge in [0.1, 0.15) is 16.9 Å². The molecule has 0 spiro atoms. The first-order valence-electron chi connectivity index (χ1n) is 8.58. The fraction of sp³-hybridized carbons (Fsp3) is 0.316. The van der Waals surface area contributed by atoms with Crippen molar-refractivity contribution in [2.24, 2.45) is 5.92 Å². The molecule has 1 aromatic carbocycles. The SMILES string of the molecule is C=C(c1nnc(-c2ccc(-n3ccnc3)cc2O)s1)[C@@H]1C[C@H](OC)C[C@H]1F. The highest BCUT2D eigenvalue weighted by Crippen LogP contribution is 2.41. The molecular formula is C19H19FN4O2S. The normalized spacial score (nSPS) is 22.2. The van der Waals surface area contributed by atoms with Crippen LogP contribution in [0.1, 0.15) is 17.8 Å². The van der Waals surface area contributed by atoms with E-state index in [0.717, 1.165) is 5.69 Å². The highest BCUT2D eigenvalue weighted by atomic mass is 32.1. The van der Waals surface area contributed by atoms with Crippen molar-refractivity contribution >= 4 is 16.9 Å². The number of imidazole rings is 1. The molecule has 3 aromatic rings. The third kappa shape index (κ3) is 3.38. The standard InChI is InChI=1S/C19H19FN4O2S/c1-11(15-8-13(26-2)9-16(15)20)18-22-23-19(27-18)14-4-3-12(7-17(14)25)24-6-5-21-10-24/h3-7,10,13,15-16,25H,1,8-9H2,2H3/t13-,15-,16+/m0/s1. The fourth-order valence-electron chi connectivity index (χ4n) is 3.39. The smallest absolute Gasteiger partial charge is 0.151 e. The summed E-state index contributed by atoms with van der Waals surface area (Å²) >= 11 is 1.30. The van der Waals surface area contributed by atoms with Crippen LogP contribution in [-0.2, 0) is 4.74 Å². The number of hydrogen-bond acceptors (Lipinski definition) is 6. The molecule has 1 aliphatic carbocycles. The molecule has 6 nitrogen and oxygen atoms in total. The number of alkyl halides is 1. The minimum absolute atomic E-state index is 0.0890. The Hall–Kier alpha value is -2.58. The number of nitrogens with zero attached hydrogens (tertiary/aromatic N) is 4. The molecule has 0 radical (unpaired) electrons. The van der Waals surface area contributed by atoms with Crippen LogP contribution in [0.3, 0.4) is 0 Å². The van der Waals surface area contributed by atoms with E-state index in [0.29, 0.717) is 34.0 Å². The van der Waals surface area contributed by atoms with Crippen LogP contribution in [0.15, 0.2) is 43.5 Å². The van der Waals surface area contributed by atoms with Crippen LogP contribution in [0.2, 0.25) is 0 Å². The number of allylic oxidation sites excluding steroid dienone is 1. The Labute approximate surface area is 160 Å². The van der Waals surface area contributed by atoms with Crippen LogP contribution in [0.4, 0.5) is 4.39 Å². The minimum atomic E-state index is -0.988. The van der Waals surface area contributed by atoms with Gasteiger partial charge in [-0.05, 0) is 24.1 Å². The summed E-state index contributed by atoms with van der Waals surface area (Å²) in [4.78, 5) is 4.00. The van der Waals surface area contributed by atoms with E-state index in [-0.39, 0.29) is 17.8 Å². The van der Waals surface area contributed by atoms with Gasteiger partial charge in [0.15, 0.2) is 5.01 Å². The van der Waals surface area contributed by atoms with Crippen LogP contribution < -0.4 is 0 Å². The fourth-order valence-corrected chi connectivity index (χ4v) is 4.30. The number of benzene rings is 1. The van der Waals surface area contributed by atoms with Gasteiger partial charge in [-0.1, -0.05) is 17.9 Å². The average Bonchev–Trinajstić information content (AvgIpc) is 3.41. The molecule has 0 amide bonds. The maximum absolute atomic E-state index is 14.3. The van der Waals surface area contributed by atoms with E-state index in [1.807, 2.05) is 6.07 Å². The zero-order valence-electron chi connectivity index (χ0n) is 14.7. The van der Waals surface area contributed by atoms with Gasteiger partial charge in [0.25, 0.3) is 0 Å². The number of rotatable bonds is 5. The first-order valence-corrected chi connectivity index (χ1v) is 9.39. The number of halogens is 1. The van der Waals surface area contributed by atoms with Gasteiger partial charge in [-0.15, -0.1) is 10.2 Å². The number of aromatic nitrogens is 4. The van der Waals surface area contributed by atoms with Crippen molar-refractivity contribution in [1.82, 2.24) is 19.7 Å². The van der Waals surface area contributed by atoms with Crippen molar-refractivity contribution in [3.8, 4) is 22.0 Å². The van der Waals surface area contributed by atoms with Gasteiger partial charge in [-0.25, -0.2) is 9.37 Å². The van der Waals surface area contributed by atoms with Crippen molar-refractivity contribution in [3.05, 3.63) is 48.5 Å². The van der Waals surface area contributed by atoms with Crippen LogP contribution in [0.25, 0.3) is 21.8 Å². The van der Waals surface area contributed by atoms with Crippen molar-refractivity contribution in [1.29, 1.82) is 0 Å². The molecule has 8 heteroatoms. The second-order valence-electron chi connectivity index (χ2n) is 6.56. The Balaban J connectivity index is 1.57. The van der Waals surface area contributed by atoms with Crippen molar-refractivity contribution in [3.63, 3.8) is 0 Å². The van der Waals surface area contributed by atoms with Gasteiger partial charge in [-0.3, -0.25) is 0 Å². The van der Waals surface area contributed by atoms with Gasteiger partial charge >= 0.3 is 0 Å². The van der Waals surface area contributed by atoms with E-state index in [4.69, 9.17) is 4.74 Å². The van der Waals surface area contributed by atoms with E-state index in [2.05, 4.69) is 21.8 Å². The summed E-state index contributed by atoms with van der Waals surface area (Å²) in [5.41, 5.74) is 2.01. The first kappa shape index (κ1) is 17.8. The molecule has 2 heterocycles. The van der Waals surface area contributed by atoms with Gasteiger partial charge in [0, 0.05) is 37.9 Å². The van der Waals surface area contributed by atoms with Crippen molar-refractivity contribution < 1.29 is 14.2 Å². The molecule has 0 unspecified atom stereocenters. The quantitative estimate of drug-likeness (QED) is 0.721. The largest absolute Gasteiger partial charge is 0.507 e. The van der Waals surface area contributed by atoms with Gasteiger partial charge in [0.2, 0.25) is 0 Å². The Morgan fingerprint density at radius 3 is 2.89 bits per heavy atom. The summed E-state index contributed by atoms with van der Waals surface area (Å²) in [6.07, 6.45) is 5.02. The molecule has 3 atom stereocenters. The predicted octanol–water partition coefficient (Wildman–Crippen LogP) is 3.87. The van der Waals surface area contributed by atoms with E-state index in [1.54, 1.807) is 42.5 Å². The molecule has 1 saturated carbocycles. The maximum atomic E-state index is 14.3. The molecule has 2 aromatic heterocycles. The minimum Gasteiger partial charge on any atom is -0.507 e. The van der Waals surface area contributed by atoms with Crippen molar-refractivity contribution in [2.45, 2.75) is 25.1 Å². The number of ether oxygens (including phenoxy) is 1. The third-order valence-electron chi connectivity index (χ3n) is 4.94. The van der Waals surface area contributed by atoms with E-state index in [9.17, 15) is 9.50 Å². The molecule has 1 N–H and O–H groups in total. The highest BCUT2D eigenvalue weighted by Gasteiger charge is 2.37. The summed E-state index contributed by atoms with van der Waals surface area (Å²) in [7, 11) is 1.60. The molecule has 0 aliphatic heterocycles. The predicted molar refractivity (Wildman–Crippen MR) is 102 cm³/mol. The molecule has 140 valence electrons. The summed E-state index contributed by atoms with van der Waals surface area (Å²) in [5, 5.41) is 19.9. The van der Waals surface area contributed by atoms with Gasteiger partial charge in [-0.2, -0.15) is 0 Å². The Kier molecular flexibility index (Phi) is 4.75. The molecule has 1 fully saturated rings. The van der Waals surface area contributed by atoms with Crippen molar-refractivity contribution in [2.75, 3.05) is 7.11 Å². The lowest BCUT2D eigenvalue weighted by atomic mass is 9.98. The monoisotopic (exact) mass is 386 g/mol. The van der Waals surface area contributed by atoms with E-state index >= 15 is 0 Å². The summed E-state index contributed by atoms with van der Waals surface area (Å²) in [6.45, 7) is 4.04. The molecule has 1 aliphatic rings. The number of phenolic OH excluding ortho intramolecular Hbond substituents is 1. The van der Waals surface area contributed by atoms with E-state index in [1.165, 1.54) is 11.3 Å². The number of aromatic hydroxyl groups is 1. The molecule has 27 heavy (non-hydrogen) atoms. The lowest BCUT2D eigenvalue weighted by Gasteiger charge is -2.13. The third-order valence-corrected chi connectivity index (χ3v) is 5.97. The van der Waals surface area contributed by atoms with Crippen LogP contribution in [-0.4, -0.2) is 44.2 Å². The van der Waals surface area contributed by atoms with Crippen LogP contribution >= 0.6 is 11.3 Å². The Morgan fingerprint density at radius 2 is 2.22 bits per heavy atom. The molecule has 4 rings (SSSR count). The Bertz CT molecular complexity index is 957. The maximum Gasteiger partial charge on any atom is 0.151 e. The second kappa shape index (κ2) is 7.21. The lowest BCUT2D eigenvalue weighted by molar-refractivity contribution is 0.102. The molecular weight excluding hydrogens is 367 g/mol. The summed E-state index contributed by atoms with van der Waals surface area (Å²) in [5.74, 6) is -0.217. The second-order valence-corrected chi connectivity index (χ2v) is 7.54. The summed E-state index contributed by atoms with van der Waals surface area (Å²) < 4.78 is 21.4. The number of methoxy groups -OCH3 is 1. The molecule has 0 saturated heterocycles. The first-order chi connectivity index (χ1) is 13.1. The zero-order valence-corrected chi connectivity index (χ0v) is 15.6. The number of phenols is 1.